The van der Waals surface area contributed by atoms with Gasteiger partial charge in [0.25, 0.3) is 0 Å². The summed E-state index contributed by atoms with van der Waals surface area (Å²) in [5, 5.41) is 2.37. The van der Waals surface area contributed by atoms with Crippen LogP contribution in [0.3, 0.4) is 0 Å². The van der Waals surface area contributed by atoms with Crippen molar-refractivity contribution in [3.8, 4) is 28.4 Å². The Morgan fingerprint density at radius 1 is 0.750 bits per heavy atom. The van der Waals surface area contributed by atoms with Crippen LogP contribution in [0.1, 0.15) is 38.9 Å². The molecule has 0 amide bonds. The molecule has 3 nitrogen and oxygen atoms in total. The molecule has 7 rings (SSSR count). The van der Waals surface area contributed by atoms with Gasteiger partial charge in [-0.2, -0.15) is 0 Å². The molecule has 40 heavy (non-hydrogen) atoms. The summed E-state index contributed by atoms with van der Waals surface area (Å²) in [7, 11) is 3.45. The lowest BCUT2D eigenvalue weighted by atomic mass is 9.78. The Morgan fingerprint density at radius 3 is 2.35 bits per heavy atom. The van der Waals surface area contributed by atoms with Crippen molar-refractivity contribution in [2.75, 3.05) is 14.2 Å². The van der Waals surface area contributed by atoms with Crippen LogP contribution in [0.15, 0.2) is 91.0 Å². The highest BCUT2D eigenvalue weighted by atomic mass is 16.5. The number of rotatable bonds is 4. The smallest absolute Gasteiger partial charge is 0.178 e. The summed E-state index contributed by atoms with van der Waals surface area (Å²) >= 11 is 0. The highest BCUT2D eigenvalue weighted by molar-refractivity contribution is 6.07. The van der Waals surface area contributed by atoms with Crippen molar-refractivity contribution in [1.82, 2.24) is 0 Å². The zero-order valence-electron chi connectivity index (χ0n) is 23.4. The van der Waals surface area contributed by atoms with Crippen LogP contribution < -0.4 is 14.2 Å². The van der Waals surface area contributed by atoms with Crippen LogP contribution in [0.5, 0.6) is 17.2 Å². The number of methoxy groups -OCH3 is 2. The summed E-state index contributed by atoms with van der Waals surface area (Å²) in [5.74, 6) is 2.64. The lowest BCUT2D eigenvalue weighted by molar-refractivity contribution is 0.159. The van der Waals surface area contributed by atoms with E-state index >= 15 is 0 Å². The van der Waals surface area contributed by atoms with Crippen LogP contribution in [0, 0.1) is 13.8 Å². The maximum Gasteiger partial charge on any atom is 0.178 e. The molecule has 1 aliphatic heterocycles. The molecule has 0 saturated carbocycles. The highest BCUT2D eigenvalue weighted by Crippen LogP contribution is 2.52. The molecule has 1 atom stereocenters. The molecule has 0 bridgehead atoms. The van der Waals surface area contributed by atoms with Crippen LogP contribution in [-0.4, -0.2) is 14.2 Å². The third-order valence-corrected chi connectivity index (χ3v) is 8.60. The number of hydrogen-bond acceptors (Lipinski definition) is 3. The molecule has 1 heterocycles. The number of fused-ring (bicyclic) bond motifs is 8. The van der Waals surface area contributed by atoms with E-state index in [1.165, 1.54) is 33.2 Å². The maximum absolute atomic E-state index is 7.38. The molecule has 2 aliphatic rings. The predicted octanol–water partition coefficient (Wildman–Crippen LogP) is 8.59. The maximum atomic E-state index is 7.38. The number of ether oxygens (including phenoxy) is 3. The van der Waals surface area contributed by atoms with E-state index in [4.69, 9.17) is 14.2 Å². The van der Waals surface area contributed by atoms with Crippen molar-refractivity contribution >= 4 is 16.8 Å². The molecule has 1 unspecified atom stereocenters. The predicted molar refractivity (Wildman–Crippen MR) is 163 cm³/mol. The van der Waals surface area contributed by atoms with Gasteiger partial charge in [-0.25, -0.2) is 0 Å². The number of hydrogen-bond donors (Lipinski definition) is 0. The first kappa shape index (κ1) is 24.5. The molecule has 0 aromatic heterocycles. The van der Waals surface area contributed by atoms with Gasteiger partial charge in [-0.1, -0.05) is 72.3 Å². The van der Waals surface area contributed by atoms with Gasteiger partial charge < -0.3 is 14.2 Å². The van der Waals surface area contributed by atoms with E-state index in [1.54, 1.807) is 14.2 Å². The third kappa shape index (κ3) is 3.65. The van der Waals surface area contributed by atoms with Gasteiger partial charge in [0.1, 0.15) is 17.2 Å². The molecule has 0 N–H and O–H groups in total. The quantitative estimate of drug-likeness (QED) is 0.236. The zero-order valence-corrected chi connectivity index (χ0v) is 23.4. The van der Waals surface area contributed by atoms with Crippen molar-refractivity contribution < 1.29 is 14.2 Å². The van der Waals surface area contributed by atoms with E-state index in [9.17, 15) is 0 Å². The largest absolute Gasteiger partial charge is 0.497 e. The van der Waals surface area contributed by atoms with Crippen LogP contribution >= 0.6 is 0 Å². The monoisotopic (exact) mass is 524 g/mol. The van der Waals surface area contributed by atoms with Gasteiger partial charge >= 0.3 is 0 Å². The molecule has 5 aromatic rings. The van der Waals surface area contributed by atoms with Crippen LogP contribution in [0.25, 0.3) is 28.0 Å². The van der Waals surface area contributed by atoms with Crippen molar-refractivity contribution in [1.29, 1.82) is 0 Å². The summed E-state index contributed by atoms with van der Waals surface area (Å²) in [6, 6.07) is 30.3. The average Bonchev–Trinajstić information content (AvgIpc) is 3.00. The number of benzene rings is 5. The van der Waals surface area contributed by atoms with Gasteiger partial charge in [-0.05, 0) is 90.1 Å². The van der Waals surface area contributed by atoms with E-state index in [-0.39, 0.29) is 0 Å². The van der Waals surface area contributed by atoms with Crippen LogP contribution in [0.4, 0.5) is 0 Å². The Hall–Kier alpha value is -4.50. The molecule has 0 radical (unpaired) electrons. The van der Waals surface area contributed by atoms with E-state index in [1.807, 2.05) is 0 Å². The van der Waals surface area contributed by atoms with Gasteiger partial charge in [-0.15, -0.1) is 0 Å². The Bertz CT molecular complexity index is 1810. The fraction of sp³-hybridized carbons (Fsp3) is 0.189. The standard InChI is InChI=1S/C37H32O3/c1-23-9-13-26(14-10-23)37(27-15-11-24(2)34(21-27)39-4)20-19-31-33-22-28(38-3)16-18-30(33)35-29-8-6-5-7-25(29)12-17-32(35)36(31)40-37/h5-11,13-16,18-22H,12,17H2,1-4H3. The van der Waals surface area contributed by atoms with E-state index in [0.717, 1.165) is 57.7 Å². The Kier molecular flexibility index (Phi) is 5.71. The molecule has 198 valence electrons. The first-order valence-electron chi connectivity index (χ1n) is 13.9. The second kappa shape index (κ2) is 9.31. The molecular weight excluding hydrogens is 492 g/mol. The first-order chi connectivity index (χ1) is 19.5. The van der Waals surface area contributed by atoms with E-state index < -0.39 is 5.60 Å². The minimum absolute atomic E-state index is 0.807. The molecule has 3 heteroatoms. The summed E-state index contributed by atoms with van der Waals surface area (Å²) in [5.41, 5.74) is 9.94. The molecule has 1 aliphatic carbocycles. The first-order valence-corrected chi connectivity index (χ1v) is 13.9. The molecule has 0 saturated heterocycles. The SMILES string of the molecule is COc1ccc2c3c(c4c(c2c1)C=CC(c1ccc(C)cc1)(c1ccc(C)c(OC)c1)O4)CCc1ccccc1-3. The molecule has 5 aromatic carbocycles. The fourth-order valence-corrected chi connectivity index (χ4v) is 6.45. The van der Waals surface area contributed by atoms with Crippen molar-refractivity contribution in [2.24, 2.45) is 0 Å². The Labute approximate surface area is 235 Å². The third-order valence-electron chi connectivity index (χ3n) is 8.60. The van der Waals surface area contributed by atoms with Crippen molar-refractivity contribution in [3.63, 3.8) is 0 Å². The topological polar surface area (TPSA) is 27.7 Å². The minimum atomic E-state index is -0.807. The Balaban J connectivity index is 1.55. The van der Waals surface area contributed by atoms with Gasteiger partial charge in [0.2, 0.25) is 0 Å². The fourth-order valence-electron chi connectivity index (χ4n) is 6.45. The van der Waals surface area contributed by atoms with Gasteiger partial charge in [0.05, 0.1) is 14.2 Å². The van der Waals surface area contributed by atoms with E-state index in [0.29, 0.717) is 0 Å². The summed E-state index contributed by atoms with van der Waals surface area (Å²) in [4.78, 5) is 0. The van der Waals surface area contributed by atoms with Crippen LogP contribution in [-0.2, 0) is 18.4 Å². The second-order valence-corrected chi connectivity index (χ2v) is 10.9. The Morgan fingerprint density at radius 2 is 1.55 bits per heavy atom. The van der Waals surface area contributed by atoms with Crippen molar-refractivity contribution in [3.05, 3.63) is 130 Å². The summed E-state index contributed by atoms with van der Waals surface area (Å²) in [6.07, 6.45) is 6.38. The number of aryl methyl sites for hydroxylation is 3. The normalized spacial score (nSPS) is 17.0. The lowest BCUT2D eigenvalue weighted by Crippen LogP contribution is -2.35. The second-order valence-electron chi connectivity index (χ2n) is 10.9. The highest BCUT2D eigenvalue weighted by Gasteiger charge is 2.40. The van der Waals surface area contributed by atoms with Crippen molar-refractivity contribution in [2.45, 2.75) is 32.3 Å². The van der Waals surface area contributed by atoms with Gasteiger partial charge in [-0.3, -0.25) is 0 Å². The minimum Gasteiger partial charge on any atom is -0.497 e. The van der Waals surface area contributed by atoms with Crippen LogP contribution in [0.2, 0.25) is 0 Å². The zero-order chi connectivity index (χ0) is 27.4. The summed E-state index contributed by atoms with van der Waals surface area (Å²) < 4.78 is 18.8. The molecule has 0 fully saturated rings. The molecule has 0 spiro atoms. The lowest BCUT2D eigenvalue weighted by Gasteiger charge is -2.39. The summed E-state index contributed by atoms with van der Waals surface area (Å²) in [6.45, 7) is 4.19. The van der Waals surface area contributed by atoms with E-state index in [2.05, 4.69) is 111 Å². The van der Waals surface area contributed by atoms with Gasteiger partial charge in [0, 0.05) is 22.3 Å². The average molecular weight is 525 g/mol. The molecular formula is C37H32O3. The van der Waals surface area contributed by atoms with Gasteiger partial charge in [0.15, 0.2) is 5.60 Å².